The van der Waals surface area contributed by atoms with Gasteiger partial charge in [0.05, 0.1) is 12.2 Å². The molecule has 0 radical (unpaired) electrons. The van der Waals surface area contributed by atoms with Crippen molar-refractivity contribution >= 4 is 17.4 Å². The average Bonchev–Trinajstić information content (AvgIpc) is 2.37. The predicted molar refractivity (Wildman–Crippen MR) is 75.7 cm³/mol. The van der Waals surface area contributed by atoms with Crippen molar-refractivity contribution in [1.82, 2.24) is 9.88 Å². The Balaban J connectivity index is 1.89. The van der Waals surface area contributed by atoms with Crippen LogP contribution in [0.4, 0.5) is 11.5 Å². The summed E-state index contributed by atoms with van der Waals surface area (Å²) in [5, 5.41) is 3.38. The molecule has 1 saturated heterocycles. The molecule has 6 heteroatoms. The van der Waals surface area contributed by atoms with Crippen LogP contribution in [0.5, 0.6) is 0 Å². The summed E-state index contributed by atoms with van der Waals surface area (Å²) < 4.78 is 0. The Morgan fingerprint density at radius 2 is 2.21 bits per heavy atom. The summed E-state index contributed by atoms with van der Waals surface area (Å²) in [6.07, 6.45) is 3.68. The van der Waals surface area contributed by atoms with Crippen LogP contribution in [0.25, 0.3) is 0 Å². The molecule has 2 rings (SSSR count). The molecule has 0 bridgehead atoms. The van der Waals surface area contributed by atoms with Crippen LogP contribution in [0, 0.1) is 6.92 Å². The van der Waals surface area contributed by atoms with E-state index in [4.69, 9.17) is 11.5 Å². The summed E-state index contributed by atoms with van der Waals surface area (Å²) >= 11 is 0. The second kappa shape index (κ2) is 5.88. The number of nitrogen functional groups attached to an aromatic ring is 1. The summed E-state index contributed by atoms with van der Waals surface area (Å²) in [6, 6.07) is 2.25. The van der Waals surface area contributed by atoms with Crippen LogP contribution in [0.2, 0.25) is 0 Å². The molecular formula is C13H21N5O. The molecule has 0 spiro atoms. The van der Waals surface area contributed by atoms with Gasteiger partial charge >= 0.3 is 0 Å². The molecule has 1 fully saturated rings. The second-order valence-electron chi connectivity index (χ2n) is 5.05. The van der Waals surface area contributed by atoms with Gasteiger partial charge in [0.1, 0.15) is 5.82 Å². The zero-order valence-corrected chi connectivity index (χ0v) is 11.2. The minimum absolute atomic E-state index is 0.268. The average molecular weight is 263 g/mol. The first-order chi connectivity index (χ1) is 9.06. The smallest absolute Gasteiger partial charge is 0.231 e. The van der Waals surface area contributed by atoms with E-state index in [1.165, 1.54) is 0 Å². The van der Waals surface area contributed by atoms with Crippen LogP contribution >= 0.6 is 0 Å². The van der Waals surface area contributed by atoms with Gasteiger partial charge in [0.25, 0.3) is 0 Å². The van der Waals surface area contributed by atoms with Gasteiger partial charge in [-0.1, -0.05) is 0 Å². The highest BCUT2D eigenvalue weighted by atomic mass is 16.1. The van der Waals surface area contributed by atoms with E-state index in [0.717, 1.165) is 37.3 Å². The van der Waals surface area contributed by atoms with Crippen LogP contribution in [0.3, 0.4) is 0 Å². The first-order valence-corrected chi connectivity index (χ1v) is 6.54. The lowest BCUT2D eigenvalue weighted by molar-refractivity contribution is -0.119. The number of piperidine rings is 1. The zero-order chi connectivity index (χ0) is 13.8. The highest BCUT2D eigenvalue weighted by molar-refractivity contribution is 5.75. The van der Waals surface area contributed by atoms with Crippen molar-refractivity contribution in [1.29, 1.82) is 0 Å². The maximum Gasteiger partial charge on any atom is 0.231 e. The van der Waals surface area contributed by atoms with Gasteiger partial charge in [-0.3, -0.25) is 9.69 Å². The summed E-state index contributed by atoms with van der Waals surface area (Å²) in [6.45, 7) is 4.05. The summed E-state index contributed by atoms with van der Waals surface area (Å²) in [7, 11) is 0. The number of primary amides is 1. The summed E-state index contributed by atoms with van der Waals surface area (Å²) in [5.74, 6) is 0.490. The molecule has 1 aromatic heterocycles. The number of anilines is 2. The molecule has 2 heterocycles. The molecule has 0 aromatic carbocycles. The molecule has 0 saturated carbocycles. The minimum atomic E-state index is -0.268. The third kappa shape index (κ3) is 3.57. The Bertz CT molecular complexity index is 454. The quantitative estimate of drug-likeness (QED) is 0.727. The monoisotopic (exact) mass is 263 g/mol. The molecule has 0 atom stereocenters. The number of nitrogens with zero attached hydrogens (tertiary/aromatic N) is 2. The van der Waals surface area contributed by atoms with Gasteiger partial charge in [0.15, 0.2) is 0 Å². The standard InChI is InChI=1S/C13H21N5O/c1-9-2-5-16-13(12(9)15)17-10-3-6-18(7-4-10)8-11(14)19/h2,5,10H,3-4,6-8,15H2,1H3,(H2,14,19)(H,16,17). The molecule has 104 valence electrons. The molecule has 1 aliphatic heterocycles. The molecule has 6 nitrogen and oxygen atoms in total. The maximum atomic E-state index is 10.9. The van der Waals surface area contributed by atoms with E-state index in [9.17, 15) is 4.79 Å². The highest BCUT2D eigenvalue weighted by Gasteiger charge is 2.20. The van der Waals surface area contributed by atoms with Crippen molar-refractivity contribution in [3.63, 3.8) is 0 Å². The number of amides is 1. The van der Waals surface area contributed by atoms with Gasteiger partial charge in [-0.25, -0.2) is 4.98 Å². The second-order valence-corrected chi connectivity index (χ2v) is 5.05. The van der Waals surface area contributed by atoms with Crippen LogP contribution in [0.15, 0.2) is 12.3 Å². The van der Waals surface area contributed by atoms with Crippen molar-refractivity contribution in [3.8, 4) is 0 Å². The maximum absolute atomic E-state index is 10.9. The van der Waals surface area contributed by atoms with Crippen LogP contribution in [-0.2, 0) is 4.79 Å². The molecule has 1 aliphatic rings. The fourth-order valence-electron chi connectivity index (χ4n) is 2.33. The Labute approximate surface area is 113 Å². The lowest BCUT2D eigenvalue weighted by Gasteiger charge is -2.32. The normalized spacial score (nSPS) is 17.3. The van der Waals surface area contributed by atoms with Crippen molar-refractivity contribution in [2.75, 3.05) is 30.7 Å². The van der Waals surface area contributed by atoms with Gasteiger partial charge in [-0.05, 0) is 31.4 Å². The number of nitrogens with two attached hydrogens (primary N) is 2. The number of carbonyl (C=O) groups is 1. The van der Waals surface area contributed by atoms with Gasteiger partial charge in [0.2, 0.25) is 5.91 Å². The summed E-state index contributed by atoms with van der Waals surface area (Å²) in [5.41, 5.74) is 12.9. The Kier molecular flexibility index (Phi) is 4.21. The van der Waals surface area contributed by atoms with Crippen LogP contribution in [0.1, 0.15) is 18.4 Å². The zero-order valence-electron chi connectivity index (χ0n) is 11.2. The Morgan fingerprint density at radius 3 is 2.84 bits per heavy atom. The van der Waals surface area contributed by atoms with Gasteiger partial charge in [-0.15, -0.1) is 0 Å². The number of pyridine rings is 1. The Hall–Kier alpha value is -1.82. The van der Waals surface area contributed by atoms with Crippen molar-refractivity contribution in [3.05, 3.63) is 17.8 Å². The number of likely N-dealkylation sites (tertiary alicyclic amines) is 1. The largest absolute Gasteiger partial charge is 0.396 e. The van der Waals surface area contributed by atoms with E-state index in [1.54, 1.807) is 6.20 Å². The van der Waals surface area contributed by atoms with E-state index < -0.39 is 0 Å². The molecule has 0 unspecified atom stereocenters. The summed E-state index contributed by atoms with van der Waals surface area (Å²) in [4.78, 5) is 17.2. The molecule has 1 amide bonds. The lowest BCUT2D eigenvalue weighted by atomic mass is 10.0. The predicted octanol–water partition coefficient (Wildman–Crippen LogP) is 0.334. The van der Waals surface area contributed by atoms with E-state index >= 15 is 0 Å². The third-order valence-corrected chi connectivity index (χ3v) is 3.52. The molecular weight excluding hydrogens is 242 g/mol. The van der Waals surface area contributed by atoms with Gasteiger partial charge < -0.3 is 16.8 Å². The number of hydrogen-bond acceptors (Lipinski definition) is 5. The lowest BCUT2D eigenvalue weighted by Crippen LogP contribution is -2.43. The fourth-order valence-corrected chi connectivity index (χ4v) is 2.33. The number of aromatic nitrogens is 1. The molecule has 5 N–H and O–H groups in total. The Morgan fingerprint density at radius 1 is 1.53 bits per heavy atom. The van der Waals surface area contributed by atoms with E-state index in [-0.39, 0.29) is 5.91 Å². The molecule has 0 aliphatic carbocycles. The number of nitrogens with one attached hydrogen (secondary N) is 1. The number of rotatable bonds is 4. The highest BCUT2D eigenvalue weighted by Crippen LogP contribution is 2.22. The van der Waals surface area contributed by atoms with Crippen LogP contribution < -0.4 is 16.8 Å². The van der Waals surface area contributed by atoms with E-state index in [1.807, 2.05) is 13.0 Å². The van der Waals surface area contributed by atoms with Crippen molar-refractivity contribution < 1.29 is 4.79 Å². The van der Waals surface area contributed by atoms with E-state index in [2.05, 4.69) is 15.2 Å². The van der Waals surface area contributed by atoms with E-state index in [0.29, 0.717) is 18.3 Å². The number of aryl methyl sites for hydroxylation is 1. The third-order valence-electron chi connectivity index (χ3n) is 3.52. The SMILES string of the molecule is Cc1ccnc(NC2CCN(CC(N)=O)CC2)c1N. The first-order valence-electron chi connectivity index (χ1n) is 6.54. The van der Waals surface area contributed by atoms with Gasteiger partial charge in [-0.2, -0.15) is 0 Å². The number of hydrogen-bond donors (Lipinski definition) is 3. The van der Waals surface area contributed by atoms with Crippen molar-refractivity contribution in [2.45, 2.75) is 25.8 Å². The first kappa shape index (κ1) is 13.6. The topological polar surface area (TPSA) is 97.3 Å². The fraction of sp³-hybridized carbons (Fsp3) is 0.538. The molecule has 1 aromatic rings. The molecule has 19 heavy (non-hydrogen) atoms. The van der Waals surface area contributed by atoms with Gasteiger partial charge in [0, 0.05) is 25.3 Å². The number of carbonyl (C=O) groups excluding carboxylic acids is 1. The van der Waals surface area contributed by atoms with Crippen molar-refractivity contribution in [2.24, 2.45) is 5.73 Å². The van der Waals surface area contributed by atoms with Crippen LogP contribution in [-0.4, -0.2) is 41.5 Å². The minimum Gasteiger partial charge on any atom is -0.396 e.